The van der Waals surface area contributed by atoms with Gasteiger partial charge in [0.05, 0.1) is 0 Å². The van der Waals surface area contributed by atoms with Crippen molar-refractivity contribution in [2.75, 3.05) is 7.05 Å². The molecule has 0 aromatic carbocycles. The largest absolute Gasteiger partial charge is 0.341 e. The van der Waals surface area contributed by atoms with Gasteiger partial charge in [0.25, 0.3) is 5.56 Å². The molecule has 1 aliphatic carbocycles. The molecular weight excluding hydrogens is 247 g/mol. The normalized spacial score (nSPS) is 16.3. The molecule has 0 atom stereocenters. The van der Waals surface area contributed by atoms with Crippen LogP contribution in [0.4, 0.5) is 4.39 Å². The average Bonchev–Trinajstić information content (AvgIpc) is 2.43. The molecule has 5 heteroatoms. The van der Waals surface area contributed by atoms with Crippen molar-refractivity contribution in [1.29, 1.82) is 0 Å². The summed E-state index contributed by atoms with van der Waals surface area (Å²) in [7, 11) is 1.77. The quantitative estimate of drug-likeness (QED) is 0.837. The van der Waals surface area contributed by atoms with Crippen LogP contribution >= 0.6 is 0 Å². The van der Waals surface area contributed by atoms with Crippen LogP contribution in [0.3, 0.4) is 0 Å². The van der Waals surface area contributed by atoms with E-state index < -0.39 is 5.82 Å². The molecular formula is C14H19FN2O2. The third-order valence-corrected chi connectivity index (χ3v) is 3.77. The summed E-state index contributed by atoms with van der Waals surface area (Å²) in [5.41, 5.74) is -0.355. The standard InChI is InChI=1S/C14H19FN2O2/c1-16(12-5-3-2-4-6-12)14(19)10-17-9-11(15)7-8-13(17)18/h7-9,12H,2-6,10H2,1H3. The van der Waals surface area contributed by atoms with Gasteiger partial charge < -0.3 is 9.47 Å². The summed E-state index contributed by atoms with van der Waals surface area (Å²) in [6.45, 7) is -0.0937. The van der Waals surface area contributed by atoms with Crippen molar-refractivity contribution < 1.29 is 9.18 Å². The molecule has 0 radical (unpaired) electrons. The van der Waals surface area contributed by atoms with E-state index in [1.807, 2.05) is 0 Å². The van der Waals surface area contributed by atoms with Crippen LogP contribution in [-0.2, 0) is 11.3 Å². The van der Waals surface area contributed by atoms with Crippen molar-refractivity contribution in [3.05, 3.63) is 34.5 Å². The number of nitrogens with zero attached hydrogens (tertiary/aromatic N) is 2. The lowest BCUT2D eigenvalue weighted by atomic mass is 9.94. The molecule has 104 valence electrons. The summed E-state index contributed by atoms with van der Waals surface area (Å²) in [5.74, 6) is -0.646. The van der Waals surface area contributed by atoms with Gasteiger partial charge in [-0.1, -0.05) is 19.3 Å². The fourth-order valence-electron chi connectivity index (χ4n) is 2.55. The molecule has 1 heterocycles. The van der Waals surface area contributed by atoms with E-state index in [1.54, 1.807) is 11.9 Å². The molecule has 0 spiro atoms. The number of pyridine rings is 1. The Morgan fingerprint density at radius 2 is 2.05 bits per heavy atom. The Labute approximate surface area is 111 Å². The predicted octanol–water partition coefficient (Wildman–Crippen LogP) is 1.78. The molecule has 19 heavy (non-hydrogen) atoms. The Hall–Kier alpha value is -1.65. The average molecular weight is 266 g/mol. The van der Waals surface area contributed by atoms with Crippen LogP contribution in [0.1, 0.15) is 32.1 Å². The first-order valence-electron chi connectivity index (χ1n) is 6.69. The van der Waals surface area contributed by atoms with Gasteiger partial charge in [-0.3, -0.25) is 9.59 Å². The first kappa shape index (κ1) is 13.8. The Bertz CT molecular complexity index is 506. The summed E-state index contributed by atoms with van der Waals surface area (Å²) in [6, 6.07) is 2.50. The van der Waals surface area contributed by atoms with Crippen LogP contribution in [0.2, 0.25) is 0 Å². The van der Waals surface area contributed by atoms with Crippen LogP contribution < -0.4 is 5.56 Å². The first-order chi connectivity index (χ1) is 9.08. The Morgan fingerprint density at radius 1 is 1.37 bits per heavy atom. The number of hydrogen-bond donors (Lipinski definition) is 0. The van der Waals surface area contributed by atoms with Crippen molar-refractivity contribution in [2.24, 2.45) is 0 Å². The molecule has 1 aromatic heterocycles. The third kappa shape index (κ3) is 3.43. The lowest BCUT2D eigenvalue weighted by Gasteiger charge is -2.31. The van der Waals surface area contributed by atoms with Crippen LogP contribution in [0, 0.1) is 5.82 Å². The Balaban J connectivity index is 2.03. The summed E-state index contributed by atoms with van der Waals surface area (Å²) in [6.07, 6.45) is 6.61. The highest BCUT2D eigenvalue weighted by molar-refractivity contribution is 5.76. The van der Waals surface area contributed by atoms with E-state index in [-0.39, 0.29) is 24.1 Å². The van der Waals surface area contributed by atoms with E-state index in [0.717, 1.165) is 48.6 Å². The number of carbonyl (C=O) groups excluding carboxylic acids is 1. The second-order valence-corrected chi connectivity index (χ2v) is 5.11. The summed E-state index contributed by atoms with van der Waals surface area (Å²) >= 11 is 0. The highest BCUT2D eigenvalue weighted by Gasteiger charge is 2.22. The van der Waals surface area contributed by atoms with Gasteiger partial charge in [-0.25, -0.2) is 4.39 Å². The Morgan fingerprint density at radius 3 is 2.74 bits per heavy atom. The minimum Gasteiger partial charge on any atom is -0.341 e. The highest BCUT2D eigenvalue weighted by atomic mass is 19.1. The van der Waals surface area contributed by atoms with E-state index in [2.05, 4.69) is 0 Å². The Kier molecular flexibility index (Phi) is 4.35. The van der Waals surface area contributed by atoms with Gasteiger partial charge in [0, 0.05) is 25.4 Å². The molecule has 0 aliphatic heterocycles. The van der Waals surface area contributed by atoms with Crippen LogP contribution in [0.5, 0.6) is 0 Å². The van der Waals surface area contributed by atoms with Gasteiger partial charge >= 0.3 is 0 Å². The maximum Gasteiger partial charge on any atom is 0.251 e. The number of halogens is 1. The maximum absolute atomic E-state index is 13.1. The second kappa shape index (κ2) is 5.99. The zero-order valence-corrected chi connectivity index (χ0v) is 11.1. The van der Waals surface area contributed by atoms with E-state index in [4.69, 9.17) is 0 Å². The third-order valence-electron chi connectivity index (χ3n) is 3.77. The summed E-state index contributed by atoms with van der Waals surface area (Å²) in [4.78, 5) is 25.4. The van der Waals surface area contributed by atoms with Crippen molar-refractivity contribution in [1.82, 2.24) is 9.47 Å². The number of amides is 1. The molecule has 0 N–H and O–H groups in total. The number of aromatic nitrogens is 1. The first-order valence-corrected chi connectivity index (χ1v) is 6.69. The van der Waals surface area contributed by atoms with E-state index in [1.165, 1.54) is 6.42 Å². The second-order valence-electron chi connectivity index (χ2n) is 5.11. The molecule has 0 bridgehead atoms. The molecule has 1 amide bonds. The minimum absolute atomic E-state index is 0.0937. The monoisotopic (exact) mass is 266 g/mol. The molecule has 2 rings (SSSR count). The number of carbonyl (C=O) groups is 1. The van der Waals surface area contributed by atoms with Gasteiger partial charge in [-0.15, -0.1) is 0 Å². The van der Waals surface area contributed by atoms with Gasteiger partial charge in [0.1, 0.15) is 12.4 Å². The van der Waals surface area contributed by atoms with Crippen molar-refractivity contribution in [2.45, 2.75) is 44.7 Å². The SMILES string of the molecule is CN(C(=O)Cn1cc(F)ccc1=O)C1CCCCC1. The molecule has 4 nitrogen and oxygen atoms in total. The maximum atomic E-state index is 13.1. The van der Waals surface area contributed by atoms with Crippen LogP contribution in [0.15, 0.2) is 23.1 Å². The summed E-state index contributed by atoms with van der Waals surface area (Å²) in [5, 5.41) is 0. The van der Waals surface area contributed by atoms with Crippen LogP contribution in [-0.4, -0.2) is 28.5 Å². The predicted molar refractivity (Wildman–Crippen MR) is 70.3 cm³/mol. The van der Waals surface area contributed by atoms with Gasteiger partial charge in [-0.05, 0) is 18.9 Å². The highest BCUT2D eigenvalue weighted by Crippen LogP contribution is 2.21. The lowest BCUT2D eigenvalue weighted by molar-refractivity contribution is -0.133. The van der Waals surface area contributed by atoms with Crippen molar-refractivity contribution in [3.8, 4) is 0 Å². The molecule has 1 saturated carbocycles. The molecule has 1 fully saturated rings. The minimum atomic E-state index is -0.507. The van der Waals surface area contributed by atoms with Gasteiger partial charge in [-0.2, -0.15) is 0 Å². The fraction of sp³-hybridized carbons (Fsp3) is 0.571. The lowest BCUT2D eigenvalue weighted by Crippen LogP contribution is -2.41. The van der Waals surface area contributed by atoms with Crippen molar-refractivity contribution >= 4 is 5.91 Å². The van der Waals surface area contributed by atoms with Crippen molar-refractivity contribution in [3.63, 3.8) is 0 Å². The van der Waals surface area contributed by atoms with Gasteiger partial charge in [0.2, 0.25) is 5.91 Å². The van der Waals surface area contributed by atoms with E-state index in [0.29, 0.717) is 0 Å². The number of likely N-dealkylation sites (N-methyl/N-ethyl adjacent to an activating group) is 1. The zero-order chi connectivity index (χ0) is 13.8. The van der Waals surface area contributed by atoms with Crippen LogP contribution in [0.25, 0.3) is 0 Å². The smallest absolute Gasteiger partial charge is 0.251 e. The zero-order valence-electron chi connectivity index (χ0n) is 11.1. The topological polar surface area (TPSA) is 42.3 Å². The number of rotatable bonds is 3. The number of hydrogen-bond acceptors (Lipinski definition) is 2. The summed E-state index contributed by atoms with van der Waals surface area (Å²) < 4.78 is 14.2. The molecule has 1 aliphatic rings. The molecule has 0 saturated heterocycles. The van der Waals surface area contributed by atoms with Gasteiger partial charge in [0.15, 0.2) is 0 Å². The molecule has 0 unspecified atom stereocenters. The van der Waals surface area contributed by atoms with E-state index >= 15 is 0 Å². The van der Waals surface area contributed by atoms with E-state index in [9.17, 15) is 14.0 Å². The molecule has 1 aromatic rings. The fourth-order valence-corrected chi connectivity index (χ4v) is 2.55.